The van der Waals surface area contributed by atoms with Gasteiger partial charge in [-0.1, -0.05) is 74.5 Å². The van der Waals surface area contributed by atoms with E-state index in [0.717, 1.165) is 11.1 Å². The summed E-state index contributed by atoms with van der Waals surface area (Å²) in [7, 11) is -3.22. The highest BCUT2D eigenvalue weighted by atomic mass is 32.2. The molecule has 3 heterocycles. The van der Waals surface area contributed by atoms with Crippen LogP contribution in [0.25, 0.3) is 0 Å². The number of carbonyl (C=O) groups excluding carboxylic acids is 7. The average molecular weight is 1020 g/mol. The summed E-state index contributed by atoms with van der Waals surface area (Å²) in [6.07, 6.45) is 2.60. The molecule has 3 aliphatic heterocycles. The molecule has 72 heavy (non-hydrogen) atoms. The summed E-state index contributed by atoms with van der Waals surface area (Å²) in [6, 6.07) is 13.6. The van der Waals surface area contributed by atoms with Crippen LogP contribution >= 0.6 is 0 Å². The van der Waals surface area contributed by atoms with Gasteiger partial charge in [-0.15, -0.1) is 0 Å². The molecule has 2 aromatic carbocycles. The molecule has 19 nitrogen and oxygen atoms in total. The number of sulfone groups is 1. The fourth-order valence-corrected chi connectivity index (χ4v) is 9.93. The van der Waals surface area contributed by atoms with Gasteiger partial charge in [-0.25, -0.2) is 22.8 Å². The number of nitrogens with one attached hydrogen (secondary N) is 5. The van der Waals surface area contributed by atoms with Crippen molar-refractivity contribution in [2.45, 2.75) is 147 Å². The van der Waals surface area contributed by atoms with Crippen molar-refractivity contribution in [1.29, 1.82) is 0 Å². The van der Waals surface area contributed by atoms with Gasteiger partial charge < -0.3 is 50.8 Å². The van der Waals surface area contributed by atoms with Crippen molar-refractivity contribution in [3.05, 3.63) is 71.8 Å². The fraction of sp³-hybridized carbons (Fsp3) is 0.635. The minimum absolute atomic E-state index is 0.0572. The zero-order chi connectivity index (χ0) is 53.0. The summed E-state index contributed by atoms with van der Waals surface area (Å²) in [5.74, 6) is -2.23. The number of alkyl carbamates (subject to hydrolysis) is 2. The minimum Gasteiger partial charge on any atom is -0.444 e. The Bertz CT molecular complexity index is 2300. The maximum atomic E-state index is 14.5. The zero-order valence-electron chi connectivity index (χ0n) is 43.6. The van der Waals surface area contributed by atoms with Gasteiger partial charge in [0.25, 0.3) is 0 Å². The van der Waals surface area contributed by atoms with Gasteiger partial charge in [-0.3, -0.25) is 19.2 Å². The van der Waals surface area contributed by atoms with Crippen molar-refractivity contribution in [3.8, 4) is 0 Å². The summed E-state index contributed by atoms with van der Waals surface area (Å²) < 4.78 is 34.6. The first kappa shape index (κ1) is 57.0. The van der Waals surface area contributed by atoms with E-state index in [9.17, 15) is 42.0 Å². The van der Waals surface area contributed by atoms with E-state index in [4.69, 9.17) is 9.47 Å². The van der Waals surface area contributed by atoms with Crippen molar-refractivity contribution >= 4 is 51.7 Å². The van der Waals surface area contributed by atoms with Crippen LogP contribution in [0.15, 0.2) is 60.7 Å². The van der Waals surface area contributed by atoms with Crippen molar-refractivity contribution in [2.24, 2.45) is 11.3 Å². The Morgan fingerprint density at radius 1 is 0.639 bits per heavy atom. The molecule has 2 aromatic rings. The molecule has 0 aromatic heterocycles. The number of ether oxygens (including phenoxy) is 2. The molecule has 0 aliphatic carbocycles. The molecule has 398 valence electrons. The lowest BCUT2D eigenvalue weighted by Crippen LogP contribution is -2.68. The number of amides is 8. The lowest BCUT2D eigenvalue weighted by Gasteiger charge is -2.55. The van der Waals surface area contributed by atoms with Crippen LogP contribution in [0.3, 0.4) is 0 Å². The predicted molar refractivity (Wildman–Crippen MR) is 272 cm³/mol. The van der Waals surface area contributed by atoms with Crippen LogP contribution in [0.1, 0.15) is 105 Å². The SMILES string of the molecule is CC(C)CC(NC(=O)C(Cc1ccccc1)NC(=O)C(Cc1ccccc1)NC(=O)OC(C)(C)C)C(=O)NC(CCCCNC(=O)OC(C)(C)C)C(=O)N1CCC2(CC1)CN(C(=O)N1CC(S(C)(=O)=O)C1)C2. The summed E-state index contributed by atoms with van der Waals surface area (Å²) in [4.78, 5) is 101. The predicted octanol–water partition coefficient (Wildman–Crippen LogP) is 4.33. The Labute approximate surface area is 425 Å². The molecule has 0 radical (unpaired) electrons. The van der Waals surface area contributed by atoms with Crippen LogP contribution in [0.4, 0.5) is 14.4 Å². The van der Waals surface area contributed by atoms with E-state index in [1.807, 2.05) is 74.5 Å². The Hall–Kier alpha value is -5.92. The van der Waals surface area contributed by atoms with Gasteiger partial charge in [0.15, 0.2) is 9.84 Å². The molecule has 3 aliphatic rings. The highest BCUT2D eigenvalue weighted by Crippen LogP contribution is 2.41. The number of carbonyl (C=O) groups is 7. The zero-order valence-corrected chi connectivity index (χ0v) is 44.4. The number of unbranched alkanes of at least 4 members (excludes halogenated alkanes) is 1. The van der Waals surface area contributed by atoms with E-state index in [1.54, 1.807) is 56.2 Å². The maximum Gasteiger partial charge on any atom is 0.408 e. The van der Waals surface area contributed by atoms with Gasteiger partial charge >= 0.3 is 18.2 Å². The van der Waals surface area contributed by atoms with E-state index in [2.05, 4.69) is 26.6 Å². The largest absolute Gasteiger partial charge is 0.444 e. The Morgan fingerprint density at radius 3 is 1.61 bits per heavy atom. The van der Waals surface area contributed by atoms with E-state index in [0.29, 0.717) is 51.9 Å². The minimum atomic E-state index is -3.22. The van der Waals surface area contributed by atoms with Crippen LogP contribution < -0.4 is 26.6 Å². The molecule has 1 spiro atoms. The second-order valence-electron chi connectivity index (χ2n) is 22.1. The average Bonchev–Trinajstić information content (AvgIpc) is 3.25. The third-order valence-electron chi connectivity index (χ3n) is 12.9. The monoisotopic (exact) mass is 1020 g/mol. The molecule has 8 amide bonds. The van der Waals surface area contributed by atoms with Gasteiger partial charge in [-0.2, -0.15) is 0 Å². The molecule has 3 fully saturated rings. The Morgan fingerprint density at radius 2 is 1.11 bits per heavy atom. The molecule has 20 heteroatoms. The van der Waals surface area contributed by atoms with Crippen LogP contribution in [0, 0.1) is 11.3 Å². The Balaban J connectivity index is 1.29. The number of likely N-dealkylation sites (tertiary alicyclic amines) is 3. The maximum absolute atomic E-state index is 14.5. The molecule has 5 N–H and O–H groups in total. The van der Waals surface area contributed by atoms with Gasteiger partial charge in [0.2, 0.25) is 23.6 Å². The van der Waals surface area contributed by atoms with Crippen molar-refractivity contribution in [3.63, 3.8) is 0 Å². The van der Waals surface area contributed by atoms with Gasteiger partial charge in [0, 0.05) is 70.3 Å². The number of hydrogen-bond donors (Lipinski definition) is 5. The number of nitrogens with zero attached hydrogens (tertiary/aromatic N) is 3. The molecule has 5 rings (SSSR count). The third-order valence-corrected chi connectivity index (χ3v) is 14.4. The Kier molecular flexibility index (Phi) is 19.5. The molecule has 4 atom stereocenters. The number of rotatable bonds is 20. The van der Waals surface area contributed by atoms with E-state index >= 15 is 0 Å². The molecule has 0 saturated carbocycles. The van der Waals surface area contributed by atoms with Gasteiger partial charge in [0.05, 0.1) is 5.25 Å². The van der Waals surface area contributed by atoms with Crippen molar-refractivity contribution in [1.82, 2.24) is 41.3 Å². The van der Waals surface area contributed by atoms with Gasteiger partial charge in [0.1, 0.15) is 35.4 Å². The topological polar surface area (TPSA) is 242 Å². The van der Waals surface area contributed by atoms with E-state index < -0.39 is 80.4 Å². The summed E-state index contributed by atoms with van der Waals surface area (Å²) >= 11 is 0. The second kappa shape index (κ2) is 24.7. The van der Waals surface area contributed by atoms with Crippen LogP contribution in [0.2, 0.25) is 0 Å². The lowest BCUT2D eigenvalue weighted by atomic mass is 9.72. The summed E-state index contributed by atoms with van der Waals surface area (Å²) in [5.41, 5.74) is -0.201. The van der Waals surface area contributed by atoms with Gasteiger partial charge in [-0.05, 0) is 97.1 Å². The van der Waals surface area contributed by atoms with E-state index in [-0.39, 0.29) is 68.6 Å². The van der Waals surface area contributed by atoms with Crippen LogP contribution in [-0.4, -0.2) is 158 Å². The van der Waals surface area contributed by atoms with Crippen LogP contribution in [-0.2, 0) is 51.3 Å². The molecule has 4 unspecified atom stereocenters. The summed E-state index contributed by atoms with van der Waals surface area (Å²) in [5, 5.41) is 13.6. The lowest BCUT2D eigenvalue weighted by molar-refractivity contribution is -0.141. The highest BCUT2D eigenvalue weighted by Gasteiger charge is 2.50. The number of hydrogen-bond acceptors (Lipinski definition) is 11. The van der Waals surface area contributed by atoms with Crippen LogP contribution in [0.5, 0.6) is 0 Å². The van der Waals surface area contributed by atoms with Crippen molar-refractivity contribution < 1.29 is 51.5 Å². The molecule has 0 bridgehead atoms. The first-order valence-electron chi connectivity index (χ1n) is 25.2. The molecule has 3 saturated heterocycles. The molecular formula is C52H78N8O11S. The first-order chi connectivity index (χ1) is 33.7. The highest BCUT2D eigenvalue weighted by molar-refractivity contribution is 7.91. The smallest absolute Gasteiger partial charge is 0.408 e. The normalized spacial score (nSPS) is 17.6. The first-order valence-corrected chi connectivity index (χ1v) is 27.1. The quantitative estimate of drug-likeness (QED) is 0.117. The van der Waals surface area contributed by atoms with E-state index in [1.165, 1.54) is 6.26 Å². The number of benzene rings is 2. The van der Waals surface area contributed by atoms with Crippen molar-refractivity contribution in [2.75, 3.05) is 52.1 Å². The third kappa shape index (κ3) is 17.7. The number of urea groups is 1. The number of piperidine rings is 1. The molecular weight excluding hydrogens is 945 g/mol. The standard InChI is InChI=1S/C52H78N8O11S/c1-35(2)28-40(55-44(62)41(29-36-18-12-10-13-19-36)56-45(63)42(30-37-20-14-11-15-21-37)57-48(66)71-51(6,7)8)43(61)54-39(22-16-17-25-53-47(65)70-50(3,4)5)46(64)58-26-23-52(24-27-58)33-60(34-52)49(67)59-31-38(32-59)72(9,68)69/h10-15,18-21,35,38-42H,16-17,22-34H2,1-9H3,(H,53,65)(H,54,61)(H,55,62)(H,56,63)(H,57,66). The summed E-state index contributed by atoms with van der Waals surface area (Å²) in [6.45, 7) is 16.7. The second-order valence-corrected chi connectivity index (χ2v) is 24.5. The fourth-order valence-electron chi connectivity index (χ4n) is 9.03.